The van der Waals surface area contributed by atoms with Crippen LogP contribution in [0.1, 0.15) is 25.7 Å². The number of nitrogens with zero attached hydrogens (tertiary/aromatic N) is 1. The van der Waals surface area contributed by atoms with Crippen molar-refractivity contribution in [2.24, 2.45) is 0 Å². The topological polar surface area (TPSA) is 52.6 Å². The van der Waals surface area contributed by atoms with E-state index in [0.29, 0.717) is 12.1 Å². The predicted molar refractivity (Wildman–Crippen MR) is 55.4 cm³/mol. The van der Waals surface area contributed by atoms with Crippen molar-refractivity contribution >= 4 is 5.97 Å². The summed E-state index contributed by atoms with van der Waals surface area (Å²) in [5.41, 5.74) is 0. The summed E-state index contributed by atoms with van der Waals surface area (Å²) in [7, 11) is 3.89. The van der Waals surface area contributed by atoms with Crippen LogP contribution in [0.3, 0.4) is 0 Å². The number of carboxylic acid groups (broad SMARTS) is 1. The lowest BCUT2D eigenvalue weighted by Crippen LogP contribution is -2.41. The molecule has 14 heavy (non-hydrogen) atoms. The lowest BCUT2D eigenvalue weighted by molar-refractivity contribution is -0.138. The fourth-order valence-electron chi connectivity index (χ4n) is 2.15. The Morgan fingerprint density at radius 1 is 1.43 bits per heavy atom. The number of rotatable bonds is 4. The van der Waals surface area contributed by atoms with Crippen LogP contribution in [0, 0.1) is 0 Å². The first-order chi connectivity index (χ1) is 6.63. The van der Waals surface area contributed by atoms with Gasteiger partial charge in [-0.25, -0.2) is 0 Å². The summed E-state index contributed by atoms with van der Waals surface area (Å²) in [6.07, 6.45) is 4.53. The van der Waals surface area contributed by atoms with E-state index in [9.17, 15) is 4.79 Å². The van der Waals surface area contributed by atoms with Gasteiger partial charge in [0.2, 0.25) is 0 Å². The molecule has 0 unspecified atom stereocenters. The van der Waals surface area contributed by atoms with Gasteiger partial charge in [0.05, 0.1) is 6.54 Å². The first-order valence-electron chi connectivity index (χ1n) is 5.22. The molecule has 1 aliphatic rings. The Labute approximate surface area is 85.3 Å². The Morgan fingerprint density at radius 3 is 2.43 bits per heavy atom. The maximum atomic E-state index is 10.5. The van der Waals surface area contributed by atoms with Gasteiger partial charge in [0.15, 0.2) is 0 Å². The van der Waals surface area contributed by atoms with Crippen LogP contribution in [0.2, 0.25) is 0 Å². The molecule has 4 nitrogen and oxygen atoms in total. The zero-order chi connectivity index (χ0) is 10.6. The second-order valence-corrected chi connectivity index (χ2v) is 4.10. The van der Waals surface area contributed by atoms with E-state index in [1.807, 2.05) is 19.0 Å². The van der Waals surface area contributed by atoms with Crippen LogP contribution in [0.15, 0.2) is 0 Å². The van der Waals surface area contributed by atoms with Gasteiger partial charge in [0, 0.05) is 12.1 Å². The van der Waals surface area contributed by atoms with Gasteiger partial charge in [-0.3, -0.25) is 9.69 Å². The van der Waals surface area contributed by atoms with Crippen molar-refractivity contribution in [1.29, 1.82) is 0 Å². The average Bonchev–Trinajstić information content (AvgIpc) is 2.17. The summed E-state index contributed by atoms with van der Waals surface area (Å²) in [5.74, 6) is -0.733. The van der Waals surface area contributed by atoms with Crippen molar-refractivity contribution in [2.75, 3.05) is 20.6 Å². The van der Waals surface area contributed by atoms with Crippen LogP contribution in [0.25, 0.3) is 0 Å². The van der Waals surface area contributed by atoms with Crippen LogP contribution < -0.4 is 5.32 Å². The van der Waals surface area contributed by atoms with Gasteiger partial charge < -0.3 is 10.4 Å². The second kappa shape index (κ2) is 5.32. The van der Waals surface area contributed by atoms with Gasteiger partial charge in [-0.2, -0.15) is 0 Å². The van der Waals surface area contributed by atoms with Gasteiger partial charge >= 0.3 is 5.97 Å². The van der Waals surface area contributed by atoms with Crippen molar-refractivity contribution in [3.63, 3.8) is 0 Å². The van der Waals surface area contributed by atoms with Crippen LogP contribution >= 0.6 is 0 Å². The van der Waals surface area contributed by atoms with Gasteiger partial charge in [0.25, 0.3) is 0 Å². The minimum atomic E-state index is -0.733. The van der Waals surface area contributed by atoms with Gasteiger partial charge in [-0.1, -0.05) is 0 Å². The molecule has 2 N–H and O–H groups in total. The Bertz CT molecular complexity index is 189. The normalized spacial score (nSPS) is 27.9. The molecule has 0 aromatic carbocycles. The van der Waals surface area contributed by atoms with Crippen molar-refractivity contribution in [3.05, 3.63) is 0 Å². The predicted octanol–water partition coefficient (Wildman–Crippen LogP) is 0.533. The largest absolute Gasteiger partial charge is 0.480 e. The third-order valence-corrected chi connectivity index (χ3v) is 3.11. The number of carbonyl (C=O) groups is 1. The molecule has 0 aliphatic heterocycles. The summed E-state index contributed by atoms with van der Waals surface area (Å²) in [5, 5.41) is 11.9. The summed E-state index contributed by atoms with van der Waals surface area (Å²) in [6.45, 7) is 0.162. The lowest BCUT2D eigenvalue weighted by Gasteiger charge is -2.33. The highest BCUT2D eigenvalue weighted by Gasteiger charge is 2.23. The van der Waals surface area contributed by atoms with Crippen LogP contribution in [0.4, 0.5) is 0 Å². The van der Waals surface area contributed by atoms with Crippen LogP contribution in [0.5, 0.6) is 0 Å². The molecule has 1 saturated carbocycles. The first-order valence-corrected chi connectivity index (χ1v) is 5.22. The number of aliphatic carboxylic acids is 1. The van der Waals surface area contributed by atoms with Gasteiger partial charge in [-0.05, 0) is 39.8 Å². The molecule has 1 aliphatic carbocycles. The van der Waals surface area contributed by atoms with Crippen LogP contribution in [-0.2, 0) is 4.79 Å². The fraction of sp³-hybridized carbons (Fsp3) is 0.900. The van der Waals surface area contributed by atoms with Crippen molar-refractivity contribution in [3.8, 4) is 0 Å². The molecule has 0 radical (unpaired) electrons. The second-order valence-electron chi connectivity index (χ2n) is 4.10. The smallest absolute Gasteiger partial charge is 0.317 e. The van der Waals surface area contributed by atoms with Crippen molar-refractivity contribution in [2.45, 2.75) is 37.8 Å². The molecule has 0 atom stereocenters. The Balaban J connectivity index is 2.30. The molecule has 0 aromatic heterocycles. The Kier molecular flexibility index (Phi) is 4.35. The molecule has 0 bridgehead atoms. The van der Waals surface area contributed by atoms with Crippen molar-refractivity contribution in [1.82, 2.24) is 10.2 Å². The third-order valence-electron chi connectivity index (χ3n) is 3.11. The Morgan fingerprint density at radius 2 is 2.00 bits per heavy atom. The van der Waals surface area contributed by atoms with E-state index in [4.69, 9.17) is 5.11 Å². The highest BCUT2D eigenvalue weighted by molar-refractivity contribution is 5.69. The molecule has 0 heterocycles. The number of hydrogen-bond acceptors (Lipinski definition) is 3. The molecule has 4 heteroatoms. The molecule has 82 valence electrons. The maximum Gasteiger partial charge on any atom is 0.317 e. The van der Waals surface area contributed by atoms with E-state index >= 15 is 0 Å². The molecule has 1 rings (SSSR count). The molecule has 0 spiro atoms. The number of nitrogens with one attached hydrogen (secondary N) is 1. The van der Waals surface area contributed by atoms with E-state index in [-0.39, 0.29) is 6.54 Å². The van der Waals surface area contributed by atoms with E-state index in [2.05, 4.69) is 5.32 Å². The monoisotopic (exact) mass is 200 g/mol. The first kappa shape index (κ1) is 11.5. The van der Waals surface area contributed by atoms with E-state index in [1.54, 1.807) is 0 Å². The molecule has 1 fully saturated rings. The summed E-state index contributed by atoms with van der Waals surface area (Å²) in [6, 6.07) is 1.08. The molecular formula is C10H20N2O2. The average molecular weight is 200 g/mol. The number of carboxylic acids is 1. The van der Waals surface area contributed by atoms with E-state index in [1.165, 1.54) is 0 Å². The third kappa shape index (κ3) is 3.27. The van der Waals surface area contributed by atoms with Crippen molar-refractivity contribution < 1.29 is 9.90 Å². The van der Waals surface area contributed by atoms with Gasteiger partial charge in [-0.15, -0.1) is 0 Å². The summed E-state index contributed by atoms with van der Waals surface area (Å²) in [4.78, 5) is 12.5. The highest BCUT2D eigenvalue weighted by Crippen LogP contribution is 2.21. The highest BCUT2D eigenvalue weighted by atomic mass is 16.4. The zero-order valence-corrected chi connectivity index (χ0v) is 8.99. The number of hydrogen-bond donors (Lipinski definition) is 2. The lowest BCUT2D eigenvalue weighted by atomic mass is 9.90. The molecule has 0 aromatic rings. The number of likely N-dealkylation sites (N-methyl/N-ethyl adjacent to an activating group) is 1. The zero-order valence-electron chi connectivity index (χ0n) is 8.99. The quantitative estimate of drug-likeness (QED) is 0.695. The summed E-state index contributed by atoms with van der Waals surface area (Å²) >= 11 is 0. The summed E-state index contributed by atoms with van der Waals surface area (Å²) < 4.78 is 0. The van der Waals surface area contributed by atoms with E-state index in [0.717, 1.165) is 25.7 Å². The SMILES string of the molecule is CNC1CCC(N(C)CC(=O)O)CC1. The van der Waals surface area contributed by atoms with Crippen LogP contribution in [-0.4, -0.2) is 48.7 Å². The van der Waals surface area contributed by atoms with E-state index < -0.39 is 5.97 Å². The fourth-order valence-corrected chi connectivity index (χ4v) is 2.15. The minimum Gasteiger partial charge on any atom is -0.480 e. The Hall–Kier alpha value is -0.610. The minimum absolute atomic E-state index is 0.162. The molecular weight excluding hydrogens is 180 g/mol. The standard InChI is InChI=1S/C10H20N2O2/c1-11-8-3-5-9(6-4-8)12(2)7-10(13)14/h8-9,11H,3-7H2,1-2H3,(H,13,14). The van der Waals surface area contributed by atoms with Gasteiger partial charge in [0.1, 0.15) is 0 Å². The molecule has 0 saturated heterocycles. The maximum absolute atomic E-state index is 10.5. The molecule has 0 amide bonds.